The summed E-state index contributed by atoms with van der Waals surface area (Å²) in [7, 11) is 0. The van der Waals surface area contributed by atoms with Crippen LogP contribution in [0.1, 0.15) is 5.56 Å². The summed E-state index contributed by atoms with van der Waals surface area (Å²) >= 11 is 0. The number of benzene rings is 2. The molecule has 0 aliphatic heterocycles. The zero-order valence-corrected chi connectivity index (χ0v) is 17.7. The molecule has 9 nitrogen and oxygen atoms in total. The Morgan fingerprint density at radius 1 is 0.781 bits per heavy atom. The van der Waals surface area contributed by atoms with Gasteiger partial charge < -0.3 is 30.6 Å². The van der Waals surface area contributed by atoms with Crippen LogP contribution >= 0.6 is 0 Å². The lowest BCUT2D eigenvalue weighted by Gasteiger charge is -2.11. The van der Waals surface area contributed by atoms with E-state index in [0.717, 1.165) is 0 Å². The monoisotopic (exact) mass is 442 g/mol. The van der Waals surface area contributed by atoms with E-state index in [2.05, 4.69) is 25.6 Å². The number of nitrogens with zero attached hydrogens (tertiary/aromatic N) is 3. The van der Waals surface area contributed by atoms with Crippen molar-refractivity contribution in [2.24, 2.45) is 5.73 Å². The number of halogens is 1. The van der Waals surface area contributed by atoms with E-state index in [-0.39, 0.29) is 24.3 Å². The average Bonchev–Trinajstić information content (AvgIpc) is 2.81. The summed E-state index contributed by atoms with van der Waals surface area (Å²) in [5.74, 6) is 0.851. The van der Waals surface area contributed by atoms with Gasteiger partial charge in [0.15, 0.2) is 0 Å². The third-order valence-electron chi connectivity index (χ3n) is 4.13. The van der Waals surface area contributed by atoms with Crippen molar-refractivity contribution in [3.63, 3.8) is 0 Å². The fourth-order valence-corrected chi connectivity index (χ4v) is 2.61. The molecule has 0 saturated heterocycles. The number of hydrogen-bond donors (Lipinski definition) is 3. The van der Waals surface area contributed by atoms with Gasteiger partial charge in [0.1, 0.15) is 11.6 Å². The molecule has 4 N–H and O–H groups in total. The number of hydrogen-bond acceptors (Lipinski definition) is 9. The SMILES string of the molecule is NCCOCCOCCNc1nc(NCc2ccccc2F)nc(Oc2ccccc2)n1. The molecule has 170 valence electrons. The predicted molar refractivity (Wildman–Crippen MR) is 119 cm³/mol. The van der Waals surface area contributed by atoms with Gasteiger partial charge >= 0.3 is 6.01 Å². The van der Waals surface area contributed by atoms with E-state index in [1.807, 2.05) is 18.2 Å². The molecule has 0 aliphatic carbocycles. The van der Waals surface area contributed by atoms with Crippen LogP contribution in [0.4, 0.5) is 16.3 Å². The smallest absolute Gasteiger partial charge is 0.328 e. The van der Waals surface area contributed by atoms with Gasteiger partial charge in [0, 0.05) is 25.2 Å². The van der Waals surface area contributed by atoms with Crippen LogP contribution < -0.4 is 21.1 Å². The number of aromatic nitrogens is 3. The molecule has 0 radical (unpaired) electrons. The lowest BCUT2D eigenvalue weighted by atomic mass is 10.2. The lowest BCUT2D eigenvalue weighted by molar-refractivity contribution is 0.0547. The van der Waals surface area contributed by atoms with Gasteiger partial charge in [-0.05, 0) is 18.2 Å². The van der Waals surface area contributed by atoms with Crippen LogP contribution in [-0.2, 0) is 16.0 Å². The number of para-hydroxylation sites is 1. The third kappa shape index (κ3) is 8.06. The highest BCUT2D eigenvalue weighted by molar-refractivity contribution is 5.38. The maximum Gasteiger partial charge on any atom is 0.328 e. The second kappa shape index (κ2) is 13.2. The van der Waals surface area contributed by atoms with Crippen LogP contribution in [0, 0.1) is 5.82 Å². The van der Waals surface area contributed by atoms with Crippen molar-refractivity contribution >= 4 is 11.9 Å². The number of nitrogens with one attached hydrogen (secondary N) is 2. The van der Waals surface area contributed by atoms with Crippen LogP contribution in [0.2, 0.25) is 0 Å². The highest BCUT2D eigenvalue weighted by Crippen LogP contribution is 2.20. The molecule has 3 aromatic rings. The highest BCUT2D eigenvalue weighted by atomic mass is 19.1. The van der Waals surface area contributed by atoms with Gasteiger partial charge in [-0.1, -0.05) is 36.4 Å². The average molecular weight is 442 g/mol. The van der Waals surface area contributed by atoms with E-state index >= 15 is 0 Å². The van der Waals surface area contributed by atoms with Crippen molar-refractivity contribution in [3.8, 4) is 11.8 Å². The molecule has 0 atom stereocenters. The highest BCUT2D eigenvalue weighted by Gasteiger charge is 2.10. The fourth-order valence-electron chi connectivity index (χ4n) is 2.61. The van der Waals surface area contributed by atoms with Crippen molar-refractivity contribution in [1.82, 2.24) is 15.0 Å². The van der Waals surface area contributed by atoms with Crippen molar-refractivity contribution < 1.29 is 18.6 Å². The van der Waals surface area contributed by atoms with E-state index in [0.29, 0.717) is 56.8 Å². The van der Waals surface area contributed by atoms with Crippen LogP contribution in [0.25, 0.3) is 0 Å². The molecule has 0 unspecified atom stereocenters. The van der Waals surface area contributed by atoms with Gasteiger partial charge in [-0.25, -0.2) is 4.39 Å². The molecule has 10 heteroatoms. The zero-order chi connectivity index (χ0) is 22.4. The Balaban J connectivity index is 1.60. The number of anilines is 2. The molecule has 0 saturated carbocycles. The van der Waals surface area contributed by atoms with Crippen molar-refractivity contribution in [2.75, 3.05) is 50.2 Å². The standard InChI is InChI=1S/C22H27FN6O3/c23-19-9-5-4-6-17(19)16-26-21-27-20(25-11-13-31-15-14-30-12-10-24)28-22(29-21)32-18-7-2-1-3-8-18/h1-9H,10-16,24H2,(H2,25,26,27,28,29). The van der Waals surface area contributed by atoms with Crippen molar-refractivity contribution in [2.45, 2.75) is 6.54 Å². The minimum Gasteiger partial charge on any atom is -0.424 e. The summed E-state index contributed by atoms with van der Waals surface area (Å²) in [4.78, 5) is 12.9. The molecule has 0 bridgehead atoms. The van der Waals surface area contributed by atoms with Crippen LogP contribution in [0.3, 0.4) is 0 Å². The Hall–Kier alpha value is -3.34. The maximum atomic E-state index is 13.9. The van der Waals surface area contributed by atoms with Crippen molar-refractivity contribution in [3.05, 3.63) is 66.0 Å². The molecule has 0 amide bonds. The largest absolute Gasteiger partial charge is 0.424 e. The molecule has 0 spiro atoms. The fraction of sp³-hybridized carbons (Fsp3) is 0.318. The summed E-state index contributed by atoms with van der Waals surface area (Å²) in [5.41, 5.74) is 5.86. The predicted octanol–water partition coefficient (Wildman–Crippen LogP) is 2.82. The molecule has 0 aliphatic rings. The Morgan fingerprint density at radius 2 is 1.47 bits per heavy atom. The second-order valence-electron chi connectivity index (χ2n) is 6.57. The molecule has 32 heavy (non-hydrogen) atoms. The Morgan fingerprint density at radius 3 is 2.22 bits per heavy atom. The van der Waals surface area contributed by atoms with Gasteiger partial charge in [-0.3, -0.25) is 0 Å². The number of nitrogens with two attached hydrogens (primary N) is 1. The van der Waals surface area contributed by atoms with E-state index in [9.17, 15) is 4.39 Å². The Bertz CT molecular complexity index is 948. The summed E-state index contributed by atoms with van der Waals surface area (Å²) < 4.78 is 30.4. The van der Waals surface area contributed by atoms with E-state index in [1.165, 1.54) is 6.07 Å². The van der Waals surface area contributed by atoms with E-state index in [4.69, 9.17) is 19.9 Å². The molecule has 1 heterocycles. The molecule has 2 aromatic carbocycles. The Labute approximate surface area is 186 Å². The minimum atomic E-state index is -0.305. The van der Waals surface area contributed by atoms with Gasteiger partial charge in [0.25, 0.3) is 0 Å². The first-order valence-electron chi connectivity index (χ1n) is 10.3. The second-order valence-corrected chi connectivity index (χ2v) is 6.57. The van der Waals surface area contributed by atoms with Gasteiger partial charge in [0.2, 0.25) is 11.9 Å². The lowest BCUT2D eigenvalue weighted by Crippen LogP contribution is -2.16. The number of rotatable bonds is 14. The van der Waals surface area contributed by atoms with E-state index < -0.39 is 0 Å². The zero-order valence-electron chi connectivity index (χ0n) is 17.7. The van der Waals surface area contributed by atoms with Crippen molar-refractivity contribution in [1.29, 1.82) is 0 Å². The molecular weight excluding hydrogens is 415 g/mol. The van der Waals surface area contributed by atoms with Gasteiger partial charge in [-0.15, -0.1) is 0 Å². The van der Waals surface area contributed by atoms with Gasteiger partial charge in [-0.2, -0.15) is 15.0 Å². The normalized spacial score (nSPS) is 10.7. The molecule has 1 aromatic heterocycles. The molecule has 0 fully saturated rings. The van der Waals surface area contributed by atoms with Crippen LogP contribution in [0.5, 0.6) is 11.8 Å². The maximum absolute atomic E-state index is 13.9. The summed E-state index contributed by atoms with van der Waals surface area (Å²) in [6, 6.07) is 15.8. The topological polar surface area (TPSA) is 116 Å². The quantitative estimate of drug-likeness (QED) is 0.324. The van der Waals surface area contributed by atoms with Crippen LogP contribution in [-0.4, -0.2) is 54.5 Å². The minimum absolute atomic E-state index is 0.112. The first-order chi connectivity index (χ1) is 15.7. The summed E-state index contributed by atoms with van der Waals surface area (Å²) in [6.45, 7) is 3.08. The van der Waals surface area contributed by atoms with Gasteiger partial charge in [0.05, 0.1) is 26.4 Å². The third-order valence-corrected chi connectivity index (χ3v) is 4.13. The molecular formula is C22H27FN6O3. The Kier molecular flexibility index (Phi) is 9.59. The van der Waals surface area contributed by atoms with Crippen LogP contribution in [0.15, 0.2) is 54.6 Å². The first kappa shape index (κ1) is 23.3. The number of ether oxygens (including phenoxy) is 3. The first-order valence-corrected chi connectivity index (χ1v) is 10.3. The molecule has 3 rings (SSSR count). The van der Waals surface area contributed by atoms with E-state index in [1.54, 1.807) is 30.3 Å². The summed E-state index contributed by atoms with van der Waals surface area (Å²) in [5, 5.41) is 6.10. The summed E-state index contributed by atoms with van der Waals surface area (Å²) in [6.07, 6.45) is 0.